The summed E-state index contributed by atoms with van der Waals surface area (Å²) in [5.74, 6) is 2.01. The summed E-state index contributed by atoms with van der Waals surface area (Å²) in [6.07, 6.45) is 6.03. The van der Waals surface area contributed by atoms with Crippen molar-refractivity contribution in [2.45, 2.75) is 6.92 Å². The standard InChI is InChI=1S/C47H32N5O.Pd/c1-33-28-45(48-31-42(33)34-14-5-2-6-15-34)52-44-30-39(53-38-21-13-20-37(29-38)50-27-26-49(32-50)35-16-7-3-8-17-35)24-25-41(44)46-47(52)40-22-11-12-23-43(40)51(46)36-18-9-4-10-19-36;/h2-28,31-32H,1H3;/q-3;. The van der Waals surface area contributed by atoms with Gasteiger partial charge in [0.05, 0.1) is 11.0 Å². The number of aromatic nitrogens is 3. The molecule has 1 aliphatic heterocycles. The number of hydrogen-bond donors (Lipinski definition) is 0. The zero-order chi connectivity index (χ0) is 35.3. The van der Waals surface area contributed by atoms with Gasteiger partial charge in [0.2, 0.25) is 0 Å². The number of rotatable bonds is 7. The van der Waals surface area contributed by atoms with Gasteiger partial charge >= 0.3 is 0 Å². The summed E-state index contributed by atoms with van der Waals surface area (Å²) in [6.45, 7) is 4.18. The predicted octanol–water partition coefficient (Wildman–Crippen LogP) is 11.4. The fourth-order valence-corrected chi connectivity index (χ4v) is 7.37. The Morgan fingerprint density at radius 1 is 0.593 bits per heavy atom. The second-order valence-electron chi connectivity index (χ2n) is 13.1. The van der Waals surface area contributed by atoms with Crippen LogP contribution in [0.3, 0.4) is 0 Å². The van der Waals surface area contributed by atoms with Gasteiger partial charge in [0.15, 0.2) is 0 Å². The van der Waals surface area contributed by atoms with E-state index in [1.807, 2.05) is 78.7 Å². The van der Waals surface area contributed by atoms with Crippen molar-refractivity contribution in [1.82, 2.24) is 14.1 Å². The quantitative estimate of drug-likeness (QED) is 0.119. The van der Waals surface area contributed by atoms with Crippen molar-refractivity contribution in [1.29, 1.82) is 0 Å². The van der Waals surface area contributed by atoms with Gasteiger partial charge in [-0.25, -0.2) is 4.98 Å². The first kappa shape index (κ1) is 33.4. The second-order valence-corrected chi connectivity index (χ2v) is 13.1. The van der Waals surface area contributed by atoms with Crippen LogP contribution in [0.15, 0.2) is 170 Å². The summed E-state index contributed by atoms with van der Waals surface area (Å²) in [6, 6.07) is 59.1. The zero-order valence-corrected chi connectivity index (χ0v) is 30.8. The van der Waals surface area contributed by atoms with E-state index in [0.717, 1.165) is 72.4 Å². The maximum absolute atomic E-state index is 6.53. The molecule has 0 saturated carbocycles. The van der Waals surface area contributed by atoms with E-state index in [0.29, 0.717) is 11.5 Å². The van der Waals surface area contributed by atoms with E-state index in [9.17, 15) is 0 Å². The predicted molar refractivity (Wildman–Crippen MR) is 215 cm³/mol. The molecule has 4 heterocycles. The Balaban J connectivity index is 0.00000384. The molecule has 0 bridgehead atoms. The fraction of sp³-hybridized carbons (Fsp3) is 0.0213. The van der Waals surface area contributed by atoms with Crippen LogP contribution in [-0.4, -0.2) is 14.1 Å². The monoisotopic (exact) mass is 788 g/mol. The molecule has 0 fully saturated rings. The van der Waals surface area contributed by atoms with E-state index in [4.69, 9.17) is 9.72 Å². The van der Waals surface area contributed by atoms with Crippen molar-refractivity contribution in [3.05, 3.63) is 195 Å². The van der Waals surface area contributed by atoms with E-state index in [1.165, 1.54) is 0 Å². The average Bonchev–Trinajstić information content (AvgIpc) is 3.92. The minimum Gasteiger partial charge on any atom is -0.509 e. The van der Waals surface area contributed by atoms with Crippen LogP contribution in [0.2, 0.25) is 0 Å². The van der Waals surface area contributed by atoms with Crippen LogP contribution < -0.4 is 14.5 Å². The van der Waals surface area contributed by atoms with Gasteiger partial charge in [0.1, 0.15) is 5.82 Å². The molecule has 7 heteroatoms. The Morgan fingerprint density at radius 3 is 2.04 bits per heavy atom. The molecule has 54 heavy (non-hydrogen) atoms. The van der Waals surface area contributed by atoms with Gasteiger partial charge in [-0.1, -0.05) is 95.8 Å². The molecule has 3 aromatic heterocycles. The minimum absolute atomic E-state index is 0. The van der Waals surface area contributed by atoms with Crippen LogP contribution in [-0.2, 0) is 20.4 Å². The average molecular weight is 789 g/mol. The van der Waals surface area contributed by atoms with Crippen molar-refractivity contribution < 1.29 is 25.2 Å². The molecule has 0 aliphatic carbocycles. The van der Waals surface area contributed by atoms with Crippen LogP contribution in [0.1, 0.15) is 5.56 Å². The maximum Gasteiger partial charge on any atom is 0.135 e. The third-order valence-corrected chi connectivity index (χ3v) is 9.82. The van der Waals surface area contributed by atoms with Gasteiger partial charge < -0.3 is 23.7 Å². The van der Waals surface area contributed by atoms with Gasteiger partial charge in [-0.15, -0.1) is 42.7 Å². The van der Waals surface area contributed by atoms with Crippen LogP contribution in [0.25, 0.3) is 55.5 Å². The molecule has 9 aromatic rings. The van der Waals surface area contributed by atoms with E-state index >= 15 is 0 Å². The Bertz CT molecular complexity index is 2810. The molecule has 0 radical (unpaired) electrons. The Morgan fingerprint density at radius 2 is 1.26 bits per heavy atom. The molecule has 0 spiro atoms. The molecular formula is C47H32N5OPd-3. The number of benzene rings is 6. The van der Waals surface area contributed by atoms with Crippen molar-refractivity contribution in [2.75, 3.05) is 9.80 Å². The molecule has 6 nitrogen and oxygen atoms in total. The summed E-state index contributed by atoms with van der Waals surface area (Å²) >= 11 is 0. The van der Waals surface area contributed by atoms with E-state index in [2.05, 4.69) is 136 Å². The molecular weight excluding hydrogens is 757 g/mol. The molecule has 1 aliphatic rings. The van der Waals surface area contributed by atoms with Crippen molar-refractivity contribution in [3.63, 3.8) is 0 Å². The molecule has 264 valence electrons. The number of hydrogen-bond acceptors (Lipinski definition) is 4. The smallest absolute Gasteiger partial charge is 0.135 e. The largest absolute Gasteiger partial charge is 0.509 e. The normalized spacial score (nSPS) is 12.5. The van der Waals surface area contributed by atoms with Gasteiger partial charge in [-0.3, -0.25) is 0 Å². The SMILES string of the molecule is Cc1cc(-n2c3[c-]c(Oc4[c-]c(N5C=CN(c6ccccc6)[CH-]5)ccc4)ccc3c3c2c2ccccc2n3-c2ccccc2)ncc1-c1ccccc1.[Pd]. The molecule has 0 atom stereocenters. The van der Waals surface area contributed by atoms with Crippen LogP contribution in [0.4, 0.5) is 11.4 Å². The Hall–Kier alpha value is -6.39. The molecule has 0 saturated heterocycles. The molecule has 6 aromatic carbocycles. The number of pyridine rings is 1. The second kappa shape index (κ2) is 13.9. The first-order chi connectivity index (χ1) is 26.2. The summed E-state index contributed by atoms with van der Waals surface area (Å²) < 4.78 is 11.1. The van der Waals surface area contributed by atoms with Gasteiger partial charge in [-0.2, -0.15) is 12.1 Å². The number of anilines is 2. The van der Waals surface area contributed by atoms with Crippen LogP contribution in [0, 0.1) is 25.7 Å². The molecule has 0 N–H and O–H groups in total. The third kappa shape index (κ3) is 5.75. The van der Waals surface area contributed by atoms with Crippen LogP contribution >= 0.6 is 0 Å². The summed E-state index contributed by atoms with van der Waals surface area (Å²) in [4.78, 5) is 9.22. The number of ether oxygens (including phenoxy) is 1. The van der Waals surface area contributed by atoms with Gasteiger partial charge in [0.25, 0.3) is 0 Å². The van der Waals surface area contributed by atoms with E-state index in [-0.39, 0.29) is 20.4 Å². The topological polar surface area (TPSA) is 38.5 Å². The van der Waals surface area contributed by atoms with Crippen molar-refractivity contribution in [3.8, 4) is 34.1 Å². The third-order valence-electron chi connectivity index (χ3n) is 9.82. The van der Waals surface area contributed by atoms with Crippen molar-refractivity contribution >= 4 is 44.2 Å². The number of fused-ring (bicyclic) bond motifs is 5. The van der Waals surface area contributed by atoms with Gasteiger partial charge in [-0.05, 0) is 66.8 Å². The maximum atomic E-state index is 6.53. The summed E-state index contributed by atoms with van der Waals surface area (Å²) in [5.41, 5.74) is 10.6. The summed E-state index contributed by atoms with van der Waals surface area (Å²) in [5, 5.41) is 2.18. The Kier molecular flexibility index (Phi) is 8.59. The number of para-hydroxylation sites is 3. The van der Waals surface area contributed by atoms with E-state index < -0.39 is 0 Å². The van der Waals surface area contributed by atoms with E-state index in [1.54, 1.807) is 0 Å². The molecule has 0 unspecified atom stereocenters. The zero-order valence-electron chi connectivity index (χ0n) is 29.2. The molecule has 10 rings (SSSR count). The first-order valence-corrected chi connectivity index (χ1v) is 17.6. The fourth-order valence-electron chi connectivity index (χ4n) is 7.37. The number of aryl methyl sites for hydroxylation is 1. The van der Waals surface area contributed by atoms with Gasteiger partial charge in [0, 0.05) is 66.0 Å². The Labute approximate surface area is 327 Å². The minimum atomic E-state index is 0. The summed E-state index contributed by atoms with van der Waals surface area (Å²) in [7, 11) is 0. The number of nitrogens with zero attached hydrogens (tertiary/aromatic N) is 5. The van der Waals surface area contributed by atoms with Crippen molar-refractivity contribution in [2.24, 2.45) is 0 Å². The molecule has 0 amide bonds. The first-order valence-electron chi connectivity index (χ1n) is 17.6. The van der Waals surface area contributed by atoms with Crippen LogP contribution in [0.5, 0.6) is 11.5 Å².